The standard InChI is InChI=1S/C19H21Br/c1-13(2)14-7-9-15(10-8-14)19(20)18-11-16-5-3-4-6-17(16)12-18/h3-10,13,18-19H,11-12H2,1-2H3. The molecule has 2 aromatic rings. The molecule has 1 heteroatoms. The molecule has 1 unspecified atom stereocenters. The zero-order valence-electron chi connectivity index (χ0n) is 12.1. The van der Waals surface area contributed by atoms with E-state index in [1.54, 1.807) is 0 Å². The summed E-state index contributed by atoms with van der Waals surface area (Å²) in [6.07, 6.45) is 2.38. The fraction of sp³-hybridized carbons (Fsp3) is 0.368. The van der Waals surface area contributed by atoms with Gasteiger partial charge in [0.15, 0.2) is 0 Å². The molecule has 0 saturated heterocycles. The zero-order valence-corrected chi connectivity index (χ0v) is 13.7. The zero-order chi connectivity index (χ0) is 14.1. The highest BCUT2D eigenvalue weighted by Crippen LogP contribution is 2.40. The molecule has 0 bridgehead atoms. The van der Waals surface area contributed by atoms with E-state index in [9.17, 15) is 0 Å². The van der Waals surface area contributed by atoms with E-state index in [1.165, 1.54) is 35.1 Å². The highest BCUT2D eigenvalue weighted by atomic mass is 79.9. The normalized spacial score (nSPS) is 16.4. The van der Waals surface area contributed by atoms with Gasteiger partial charge in [0.05, 0.1) is 0 Å². The van der Waals surface area contributed by atoms with Crippen molar-refractivity contribution in [1.29, 1.82) is 0 Å². The third-order valence-corrected chi connectivity index (χ3v) is 5.69. The van der Waals surface area contributed by atoms with Gasteiger partial charge in [0.2, 0.25) is 0 Å². The van der Waals surface area contributed by atoms with Gasteiger partial charge in [-0.25, -0.2) is 0 Å². The first kappa shape index (κ1) is 13.9. The summed E-state index contributed by atoms with van der Waals surface area (Å²) in [6, 6.07) is 18.0. The second-order valence-corrected chi connectivity index (χ2v) is 7.15. The van der Waals surface area contributed by atoms with Crippen molar-refractivity contribution in [2.45, 2.75) is 37.4 Å². The van der Waals surface area contributed by atoms with Crippen molar-refractivity contribution in [2.75, 3.05) is 0 Å². The third-order valence-electron chi connectivity index (χ3n) is 4.42. The first-order valence-electron chi connectivity index (χ1n) is 7.46. The maximum atomic E-state index is 3.93. The first-order valence-corrected chi connectivity index (χ1v) is 8.37. The molecular formula is C19H21Br. The number of hydrogen-bond acceptors (Lipinski definition) is 0. The quantitative estimate of drug-likeness (QED) is 0.637. The molecule has 2 aromatic carbocycles. The Morgan fingerprint density at radius 3 is 1.85 bits per heavy atom. The van der Waals surface area contributed by atoms with E-state index < -0.39 is 0 Å². The van der Waals surface area contributed by atoms with Crippen molar-refractivity contribution in [3.63, 3.8) is 0 Å². The van der Waals surface area contributed by atoms with Crippen LogP contribution in [0.5, 0.6) is 0 Å². The fourth-order valence-corrected chi connectivity index (χ4v) is 3.82. The van der Waals surface area contributed by atoms with Crippen LogP contribution < -0.4 is 0 Å². The van der Waals surface area contributed by atoms with Crippen LogP contribution >= 0.6 is 15.9 Å². The Balaban J connectivity index is 1.76. The summed E-state index contributed by atoms with van der Waals surface area (Å²) in [4.78, 5) is 0.455. The minimum atomic E-state index is 0.455. The molecule has 0 aromatic heterocycles. The monoisotopic (exact) mass is 328 g/mol. The average Bonchev–Trinajstić information content (AvgIpc) is 2.90. The number of halogens is 1. The van der Waals surface area contributed by atoms with Crippen molar-refractivity contribution in [3.05, 3.63) is 70.8 Å². The molecule has 0 nitrogen and oxygen atoms in total. The summed E-state index contributed by atoms with van der Waals surface area (Å²) in [5.74, 6) is 1.28. The van der Waals surface area contributed by atoms with E-state index in [0.29, 0.717) is 16.7 Å². The largest absolute Gasteiger partial charge is 0.0835 e. The third kappa shape index (κ3) is 2.69. The van der Waals surface area contributed by atoms with Gasteiger partial charge in [0.1, 0.15) is 0 Å². The van der Waals surface area contributed by atoms with Gasteiger partial charge in [-0.3, -0.25) is 0 Å². The van der Waals surface area contributed by atoms with Crippen LogP contribution in [0.3, 0.4) is 0 Å². The van der Waals surface area contributed by atoms with E-state index in [0.717, 1.165) is 0 Å². The van der Waals surface area contributed by atoms with E-state index in [1.807, 2.05) is 0 Å². The minimum Gasteiger partial charge on any atom is -0.0835 e. The van der Waals surface area contributed by atoms with Gasteiger partial charge in [-0.05, 0) is 46.9 Å². The van der Waals surface area contributed by atoms with Crippen molar-refractivity contribution >= 4 is 15.9 Å². The van der Waals surface area contributed by atoms with Crippen molar-refractivity contribution in [1.82, 2.24) is 0 Å². The Morgan fingerprint density at radius 1 is 0.850 bits per heavy atom. The SMILES string of the molecule is CC(C)c1ccc(C(Br)C2Cc3ccccc3C2)cc1. The summed E-state index contributed by atoms with van der Waals surface area (Å²) in [5, 5.41) is 0. The lowest BCUT2D eigenvalue weighted by molar-refractivity contribution is 0.554. The molecular weight excluding hydrogens is 308 g/mol. The molecule has 0 heterocycles. The Morgan fingerprint density at radius 2 is 1.35 bits per heavy atom. The summed E-state index contributed by atoms with van der Waals surface area (Å²) >= 11 is 3.93. The maximum Gasteiger partial charge on any atom is 0.0429 e. The maximum absolute atomic E-state index is 3.93. The van der Waals surface area contributed by atoms with Crippen LogP contribution in [0.4, 0.5) is 0 Å². The molecule has 20 heavy (non-hydrogen) atoms. The summed E-state index contributed by atoms with van der Waals surface area (Å²) in [5.41, 5.74) is 5.89. The van der Waals surface area contributed by atoms with E-state index in [-0.39, 0.29) is 0 Å². The van der Waals surface area contributed by atoms with Crippen molar-refractivity contribution in [3.8, 4) is 0 Å². The number of rotatable bonds is 3. The van der Waals surface area contributed by atoms with Crippen LogP contribution in [0, 0.1) is 5.92 Å². The molecule has 1 atom stereocenters. The number of benzene rings is 2. The second kappa shape index (κ2) is 5.73. The van der Waals surface area contributed by atoms with Gasteiger partial charge in [-0.1, -0.05) is 78.3 Å². The van der Waals surface area contributed by atoms with Gasteiger partial charge in [0, 0.05) is 4.83 Å². The summed E-state index contributed by atoms with van der Waals surface area (Å²) < 4.78 is 0. The van der Waals surface area contributed by atoms with Crippen LogP contribution in [0.1, 0.15) is 46.8 Å². The van der Waals surface area contributed by atoms with E-state index in [2.05, 4.69) is 78.3 Å². The molecule has 3 rings (SSSR count). The molecule has 0 N–H and O–H groups in total. The Hall–Kier alpha value is -1.08. The van der Waals surface area contributed by atoms with Gasteiger partial charge in [-0.15, -0.1) is 0 Å². The highest BCUT2D eigenvalue weighted by molar-refractivity contribution is 9.09. The molecule has 0 fully saturated rings. The highest BCUT2D eigenvalue weighted by Gasteiger charge is 2.27. The van der Waals surface area contributed by atoms with Crippen LogP contribution in [0.15, 0.2) is 48.5 Å². The van der Waals surface area contributed by atoms with Crippen molar-refractivity contribution < 1.29 is 0 Å². The smallest absolute Gasteiger partial charge is 0.0429 e. The predicted molar refractivity (Wildman–Crippen MR) is 89.5 cm³/mol. The van der Waals surface area contributed by atoms with Crippen LogP contribution in [-0.2, 0) is 12.8 Å². The summed E-state index contributed by atoms with van der Waals surface area (Å²) in [7, 11) is 0. The lowest BCUT2D eigenvalue weighted by atomic mass is 9.94. The molecule has 1 aliphatic rings. The van der Waals surface area contributed by atoms with Gasteiger partial charge in [-0.2, -0.15) is 0 Å². The Kier molecular flexibility index (Phi) is 3.98. The van der Waals surface area contributed by atoms with Crippen molar-refractivity contribution in [2.24, 2.45) is 5.92 Å². The molecule has 0 saturated carbocycles. The van der Waals surface area contributed by atoms with Crippen LogP contribution in [-0.4, -0.2) is 0 Å². The number of fused-ring (bicyclic) bond motifs is 1. The average molecular weight is 329 g/mol. The van der Waals surface area contributed by atoms with Crippen LogP contribution in [0.25, 0.3) is 0 Å². The van der Waals surface area contributed by atoms with Gasteiger partial charge >= 0.3 is 0 Å². The Labute approximate surface area is 130 Å². The summed E-state index contributed by atoms with van der Waals surface area (Å²) in [6.45, 7) is 4.49. The van der Waals surface area contributed by atoms with Gasteiger partial charge in [0.25, 0.3) is 0 Å². The van der Waals surface area contributed by atoms with Crippen LogP contribution in [0.2, 0.25) is 0 Å². The number of hydrogen-bond donors (Lipinski definition) is 0. The number of alkyl halides is 1. The molecule has 104 valence electrons. The van der Waals surface area contributed by atoms with E-state index in [4.69, 9.17) is 0 Å². The molecule has 1 aliphatic carbocycles. The Bertz CT molecular complexity index is 558. The molecule has 0 amide bonds. The lowest BCUT2D eigenvalue weighted by Gasteiger charge is -2.18. The molecule has 0 radical (unpaired) electrons. The first-order chi connectivity index (χ1) is 9.65. The topological polar surface area (TPSA) is 0 Å². The van der Waals surface area contributed by atoms with E-state index >= 15 is 0 Å². The minimum absolute atomic E-state index is 0.455. The molecule has 0 aliphatic heterocycles. The second-order valence-electron chi connectivity index (χ2n) is 6.16. The predicted octanol–water partition coefficient (Wildman–Crippen LogP) is 5.66. The fourth-order valence-electron chi connectivity index (χ4n) is 3.14. The molecule has 0 spiro atoms. The lowest BCUT2D eigenvalue weighted by Crippen LogP contribution is -2.07. The van der Waals surface area contributed by atoms with Gasteiger partial charge < -0.3 is 0 Å².